The summed E-state index contributed by atoms with van der Waals surface area (Å²) in [5, 5.41) is 0. The molecular weight excluding hydrogens is 235 g/mol. The molecule has 1 unspecified atom stereocenters. The van der Waals surface area contributed by atoms with Crippen LogP contribution in [-0.2, 0) is 9.59 Å². The minimum Gasteiger partial charge on any atom is -0.340 e. The van der Waals surface area contributed by atoms with Gasteiger partial charge in [-0.25, -0.2) is 4.39 Å². The van der Waals surface area contributed by atoms with E-state index in [1.54, 1.807) is 18.7 Å². The molecule has 18 heavy (non-hydrogen) atoms. The van der Waals surface area contributed by atoms with Crippen LogP contribution in [-0.4, -0.2) is 59.9 Å². The lowest BCUT2D eigenvalue weighted by atomic mass is 10.0. The van der Waals surface area contributed by atoms with Crippen molar-refractivity contribution in [2.45, 2.75) is 39.3 Å². The molecule has 0 N–H and O–H groups in total. The van der Waals surface area contributed by atoms with Gasteiger partial charge < -0.3 is 4.90 Å². The van der Waals surface area contributed by atoms with Gasteiger partial charge in [-0.2, -0.15) is 0 Å². The average molecular weight is 258 g/mol. The fourth-order valence-electron chi connectivity index (χ4n) is 2.02. The molecule has 5 heteroatoms. The van der Waals surface area contributed by atoms with Crippen molar-refractivity contribution in [1.29, 1.82) is 0 Å². The van der Waals surface area contributed by atoms with Crippen LogP contribution in [0.1, 0.15) is 33.6 Å². The highest BCUT2D eigenvalue weighted by atomic mass is 19.1. The van der Waals surface area contributed by atoms with E-state index < -0.39 is 5.67 Å². The smallest absolute Gasteiger partial charge is 0.225 e. The summed E-state index contributed by atoms with van der Waals surface area (Å²) in [7, 11) is 0. The summed E-state index contributed by atoms with van der Waals surface area (Å²) in [5.74, 6) is 0.0152. The molecule has 4 nitrogen and oxygen atoms in total. The Morgan fingerprint density at radius 1 is 1.22 bits per heavy atom. The van der Waals surface area contributed by atoms with Crippen molar-refractivity contribution in [3.8, 4) is 0 Å². The predicted octanol–water partition coefficient (Wildman–Crippen LogP) is 1.25. The molecule has 0 bridgehead atoms. The van der Waals surface area contributed by atoms with Gasteiger partial charge >= 0.3 is 0 Å². The standard InChI is InChI=1S/C13H23FN2O2/c1-4-13(3,14)9-12(18)16-7-5-15(6-8-16)10-11(2)17/h4-10H2,1-3H3. The van der Waals surface area contributed by atoms with E-state index in [9.17, 15) is 14.0 Å². The Bertz CT molecular complexity index is 310. The van der Waals surface area contributed by atoms with Crippen LogP contribution in [0.25, 0.3) is 0 Å². The Morgan fingerprint density at radius 3 is 2.22 bits per heavy atom. The molecule has 104 valence electrons. The quantitative estimate of drug-likeness (QED) is 0.745. The maximum Gasteiger partial charge on any atom is 0.225 e. The van der Waals surface area contributed by atoms with Gasteiger partial charge in [0.05, 0.1) is 13.0 Å². The van der Waals surface area contributed by atoms with E-state index in [-0.39, 0.29) is 18.1 Å². The first-order valence-corrected chi connectivity index (χ1v) is 6.52. The van der Waals surface area contributed by atoms with Crippen LogP contribution in [0.3, 0.4) is 0 Å². The van der Waals surface area contributed by atoms with Gasteiger partial charge in [0.1, 0.15) is 11.5 Å². The molecular formula is C13H23FN2O2. The number of halogens is 1. The van der Waals surface area contributed by atoms with Crippen LogP contribution in [0.2, 0.25) is 0 Å². The van der Waals surface area contributed by atoms with Crippen LogP contribution in [0.15, 0.2) is 0 Å². The number of carbonyl (C=O) groups is 2. The first-order valence-electron chi connectivity index (χ1n) is 6.52. The summed E-state index contributed by atoms with van der Waals surface area (Å²) in [6.45, 7) is 7.79. The van der Waals surface area contributed by atoms with Crippen LogP contribution in [0.4, 0.5) is 4.39 Å². The number of ketones is 1. The molecule has 1 saturated heterocycles. The van der Waals surface area contributed by atoms with Gasteiger partial charge in [-0.3, -0.25) is 14.5 Å². The number of hydrogen-bond acceptors (Lipinski definition) is 3. The van der Waals surface area contributed by atoms with Crippen molar-refractivity contribution in [1.82, 2.24) is 9.80 Å². The number of alkyl halides is 1. The van der Waals surface area contributed by atoms with Gasteiger partial charge in [-0.1, -0.05) is 6.92 Å². The maximum absolute atomic E-state index is 13.8. The molecule has 1 atom stereocenters. The summed E-state index contributed by atoms with van der Waals surface area (Å²) < 4.78 is 13.8. The summed E-state index contributed by atoms with van der Waals surface area (Å²) >= 11 is 0. The number of rotatable bonds is 5. The van der Waals surface area contributed by atoms with E-state index in [2.05, 4.69) is 0 Å². The van der Waals surface area contributed by atoms with Crippen molar-refractivity contribution >= 4 is 11.7 Å². The molecule has 0 spiro atoms. The van der Waals surface area contributed by atoms with Gasteiger partial charge in [0.2, 0.25) is 5.91 Å². The first-order chi connectivity index (χ1) is 8.34. The predicted molar refractivity (Wildman–Crippen MR) is 68.1 cm³/mol. The zero-order valence-corrected chi connectivity index (χ0v) is 11.5. The summed E-state index contributed by atoms with van der Waals surface area (Å²) in [6.07, 6.45) is 0.305. The van der Waals surface area contributed by atoms with Gasteiger partial charge in [0.15, 0.2) is 0 Å². The molecule has 0 aromatic rings. The third-order valence-corrected chi connectivity index (χ3v) is 3.43. The fraction of sp³-hybridized carbons (Fsp3) is 0.846. The zero-order chi connectivity index (χ0) is 13.8. The number of piperazine rings is 1. The molecule has 1 aliphatic heterocycles. The van der Waals surface area contributed by atoms with Crippen molar-refractivity contribution in [2.75, 3.05) is 32.7 Å². The van der Waals surface area contributed by atoms with Crippen LogP contribution in [0.5, 0.6) is 0 Å². The Hall–Kier alpha value is -0.970. The zero-order valence-electron chi connectivity index (χ0n) is 11.5. The van der Waals surface area contributed by atoms with Crippen LogP contribution < -0.4 is 0 Å². The van der Waals surface area contributed by atoms with Crippen LogP contribution >= 0.6 is 0 Å². The fourth-order valence-corrected chi connectivity index (χ4v) is 2.02. The van der Waals surface area contributed by atoms with Crippen molar-refractivity contribution in [3.63, 3.8) is 0 Å². The van der Waals surface area contributed by atoms with E-state index in [0.717, 1.165) is 0 Å². The largest absolute Gasteiger partial charge is 0.340 e. The van der Waals surface area contributed by atoms with E-state index in [4.69, 9.17) is 0 Å². The molecule has 0 aromatic heterocycles. The van der Waals surface area contributed by atoms with Crippen molar-refractivity contribution < 1.29 is 14.0 Å². The number of hydrogen-bond donors (Lipinski definition) is 0. The van der Waals surface area contributed by atoms with E-state index in [0.29, 0.717) is 39.1 Å². The lowest BCUT2D eigenvalue weighted by Gasteiger charge is -2.35. The third kappa shape index (κ3) is 4.72. The average Bonchev–Trinajstić information content (AvgIpc) is 2.28. The number of carbonyl (C=O) groups excluding carboxylic acids is 2. The molecule has 1 amide bonds. The van der Waals surface area contributed by atoms with Gasteiger partial charge in [0.25, 0.3) is 0 Å². The SMILES string of the molecule is CCC(C)(F)CC(=O)N1CCN(CC(C)=O)CC1. The molecule has 0 radical (unpaired) electrons. The minimum absolute atomic E-state index is 0.0454. The number of nitrogens with zero attached hydrogens (tertiary/aromatic N) is 2. The normalized spacial score (nSPS) is 20.6. The number of amides is 1. The van der Waals surface area contributed by atoms with Crippen molar-refractivity contribution in [3.05, 3.63) is 0 Å². The second-order valence-electron chi connectivity index (χ2n) is 5.30. The summed E-state index contributed by atoms with van der Waals surface area (Å²) in [5.41, 5.74) is -1.41. The van der Waals surface area contributed by atoms with E-state index >= 15 is 0 Å². The molecule has 0 saturated carbocycles. The van der Waals surface area contributed by atoms with E-state index in [1.165, 1.54) is 6.92 Å². The lowest BCUT2D eigenvalue weighted by molar-refractivity contribution is -0.135. The second kappa shape index (κ2) is 6.27. The molecule has 1 fully saturated rings. The highest BCUT2D eigenvalue weighted by Crippen LogP contribution is 2.21. The highest BCUT2D eigenvalue weighted by molar-refractivity contribution is 5.78. The molecule has 0 aromatic carbocycles. The van der Waals surface area contributed by atoms with Gasteiger partial charge in [-0.15, -0.1) is 0 Å². The number of Topliss-reactive ketones (excluding diaryl/α,β-unsaturated/α-hetero) is 1. The lowest BCUT2D eigenvalue weighted by Crippen LogP contribution is -2.50. The molecule has 1 aliphatic rings. The Labute approximate surface area is 108 Å². The summed E-state index contributed by atoms with van der Waals surface area (Å²) in [4.78, 5) is 26.6. The maximum atomic E-state index is 13.8. The molecule has 0 aliphatic carbocycles. The molecule has 1 rings (SSSR count). The second-order valence-corrected chi connectivity index (χ2v) is 5.30. The van der Waals surface area contributed by atoms with Gasteiger partial charge in [-0.05, 0) is 20.3 Å². The first kappa shape index (κ1) is 15.1. The Balaban J connectivity index is 2.38. The Morgan fingerprint density at radius 2 is 1.78 bits per heavy atom. The summed E-state index contributed by atoms with van der Waals surface area (Å²) in [6, 6.07) is 0. The highest BCUT2D eigenvalue weighted by Gasteiger charge is 2.29. The van der Waals surface area contributed by atoms with E-state index in [1.807, 2.05) is 4.90 Å². The van der Waals surface area contributed by atoms with Crippen molar-refractivity contribution in [2.24, 2.45) is 0 Å². The molecule has 1 heterocycles. The minimum atomic E-state index is -1.41. The Kier molecular flexibility index (Phi) is 5.26. The third-order valence-electron chi connectivity index (χ3n) is 3.43. The topological polar surface area (TPSA) is 40.6 Å². The monoisotopic (exact) mass is 258 g/mol. The van der Waals surface area contributed by atoms with Crippen LogP contribution in [0, 0.1) is 0 Å². The van der Waals surface area contributed by atoms with Gasteiger partial charge in [0, 0.05) is 26.2 Å².